The summed E-state index contributed by atoms with van der Waals surface area (Å²) in [4.78, 5) is 6.39. The van der Waals surface area contributed by atoms with Crippen molar-refractivity contribution in [3.63, 3.8) is 0 Å². The van der Waals surface area contributed by atoms with Crippen molar-refractivity contribution >= 4 is 5.69 Å². The summed E-state index contributed by atoms with van der Waals surface area (Å²) in [6.45, 7) is 0. The summed E-state index contributed by atoms with van der Waals surface area (Å²) in [6, 6.07) is 15.1. The van der Waals surface area contributed by atoms with Gasteiger partial charge in [0.1, 0.15) is 0 Å². The summed E-state index contributed by atoms with van der Waals surface area (Å²) in [5, 5.41) is 0. The zero-order valence-electron chi connectivity index (χ0n) is 8.94. The third kappa shape index (κ3) is 1.99. The van der Waals surface area contributed by atoms with Gasteiger partial charge in [0.15, 0.2) is 0 Å². The van der Waals surface area contributed by atoms with Crippen LogP contribution in [-0.4, -0.2) is 19.1 Å². The van der Waals surface area contributed by atoms with E-state index in [0.29, 0.717) is 0 Å². The number of rotatable bonds is 2. The molecule has 15 heavy (non-hydrogen) atoms. The van der Waals surface area contributed by atoms with Gasteiger partial charge in [0.25, 0.3) is 0 Å². The molecule has 0 aliphatic heterocycles. The maximum absolute atomic E-state index is 4.31. The predicted molar refractivity (Wildman–Crippen MR) is 62.8 cm³/mol. The molecule has 0 unspecified atom stereocenters. The Morgan fingerprint density at radius 2 is 1.93 bits per heavy atom. The van der Waals surface area contributed by atoms with Crippen LogP contribution in [-0.2, 0) is 0 Å². The molecule has 0 spiro atoms. The molecular weight excluding hydrogens is 184 g/mol. The van der Waals surface area contributed by atoms with Crippen LogP contribution in [0.3, 0.4) is 0 Å². The number of hydrogen-bond donors (Lipinski definition) is 0. The Balaban J connectivity index is 2.53. The number of benzene rings is 1. The fraction of sp³-hybridized carbons (Fsp3) is 0.154. The second-order valence-corrected chi connectivity index (χ2v) is 3.54. The molecule has 1 heterocycles. The van der Waals surface area contributed by atoms with Crippen molar-refractivity contribution in [1.29, 1.82) is 0 Å². The van der Waals surface area contributed by atoms with Crippen LogP contribution in [0.15, 0.2) is 42.6 Å². The summed E-state index contributed by atoms with van der Waals surface area (Å²) in [5.74, 6) is 0. The Hall–Kier alpha value is -1.83. The van der Waals surface area contributed by atoms with Gasteiger partial charge in [0.05, 0.1) is 5.69 Å². The first kappa shape index (κ1) is 9.71. The fourth-order valence-electron chi connectivity index (χ4n) is 1.54. The molecule has 1 aromatic carbocycles. The molecule has 2 rings (SSSR count). The van der Waals surface area contributed by atoms with Crippen molar-refractivity contribution in [2.45, 2.75) is 0 Å². The van der Waals surface area contributed by atoms with Crippen LogP contribution in [0.1, 0.15) is 0 Å². The van der Waals surface area contributed by atoms with E-state index in [4.69, 9.17) is 0 Å². The average molecular weight is 197 g/mol. The zero-order valence-corrected chi connectivity index (χ0v) is 8.94. The minimum atomic E-state index is 0.891. The van der Waals surface area contributed by atoms with Crippen LogP contribution in [0.5, 0.6) is 0 Å². The summed E-state index contributed by atoms with van der Waals surface area (Å²) in [6.07, 6.45) is 1.79. The Morgan fingerprint density at radius 1 is 1.13 bits per heavy atom. The van der Waals surface area contributed by atoms with Gasteiger partial charge in [-0.2, -0.15) is 0 Å². The van der Waals surface area contributed by atoms with Gasteiger partial charge < -0.3 is 4.90 Å². The third-order valence-electron chi connectivity index (χ3n) is 2.25. The number of para-hydroxylation sites is 1. The van der Waals surface area contributed by atoms with E-state index < -0.39 is 0 Å². The first-order chi connectivity index (χ1) is 7.29. The van der Waals surface area contributed by atoms with E-state index in [1.807, 2.05) is 38.4 Å². The van der Waals surface area contributed by atoms with Gasteiger partial charge in [-0.25, -0.2) is 0 Å². The number of anilines is 1. The van der Waals surface area contributed by atoms with Crippen molar-refractivity contribution < 1.29 is 0 Å². The lowest BCUT2D eigenvalue weighted by Crippen LogP contribution is -2.09. The molecule has 0 aliphatic carbocycles. The SMILES string of the molecule is CN(C)c1ccccc1-c1[c]cccn1. The molecule has 0 fully saturated rings. The van der Waals surface area contributed by atoms with Crippen LogP contribution in [0.25, 0.3) is 11.3 Å². The molecule has 0 atom stereocenters. The number of hydrogen-bond acceptors (Lipinski definition) is 2. The maximum Gasteiger partial charge on any atom is 0.0801 e. The maximum atomic E-state index is 4.31. The van der Waals surface area contributed by atoms with Crippen molar-refractivity contribution in [2.24, 2.45) is 0 Å². The van der Waals surface area contributed by atoms with Crippen molar-refractivity contribution in [3.8, 4) is 11.3 Å². The highest BCUT2D eigenvalue weighted by molar-refractivity contribution is 5.75. The molecule has 0 amide bonds. The van der Waals surface area contributed by atoms with E-state index in [0.717, 1.165) is 16.9 Å². The number of nitrogens with zero attached hydrogens (tertiary/aromatic N) is 2. The highest BCUT2D eigenvalue weighted by Crippen LogP contribution is 2.27. The fourth-order valence-corrected chi connectivity index (χ4v) is 1.54. The van der Waals surface area contributed by atoms with Gasteiger partial charge >= 0.3 is 0 Å². The van der Waals surface area contributed by atoms with Gasteiger partial charge in [-0.3, -0.25) is 4.98 Å². The molecule has 2 nitrogen and oxygen atoms in total. The van der Waals surface area contributed by atoms with Crippen LogP contribution in [0, 0.1) is 6.07 Å². The van der Waals surface area contributed by atoms with E-state index in [1.165, 1.54) is 0 Å². The van der Waals surface area contributed by atoms with Gasteiger partial charge in [0, 0.05) is 37.6 Å². The van der Waals surface area contributed by atoms with Crippen LogP contribution >= 0.6 is 0 Å². The second-order valence-electron chi connectivity index (χ2n) is 3.54. The van der Waals surface area contributed by atoms with Crippen molar-refractivity contribution in [2.75, 3.05) is 19.0 Å². The number of pyridine rings is 1. The van der Waals surface area contributed by atoms with E-state index in [9.17, 15) is 0 Å². The largest absolute Gasteiger partial charge is 0.377 e. The minimum absolute atomic E-state index is 0.891. The Morgan fingerprint density at radius 3 is 2.60 bits per heavy atom. The summed E-state index contributed by atoms with van der Waals surface area (Å²) >= 11 is 0. The van der Waals surface area contributed by atoms with Crippen LogP contribution in [0.4, 0.5) is 5.69 Å². The zero-order chi connectivity index (χ0) is 10.7. The summed E-state index contributed by atoms with van der Waals surface area (Å²) in [7, 11) is 4.06. The van der Waals surface area contributed by atoms with Gasteiger partial charge in [-0.05, 0) is 12.1 Å². The minimum Gasteiger partial charge on any atom is -0.377 e. The van der Waals surface area contributed by atoms with Gasteiger partial charge in [-0.15, -0.1) is 0 Å². The quantitative estimate of drug-likeness (QED) is 0.735. The molecule has 1 radical (unpaired) electrons. The normalized spacial score (nSPS) is 10.0. The molecule has 1 aromatic heterocycles. The van der Waals surface area contributed by atoms with Crippen LogP contribution in [0.2, 0.25) is 0 Å². The summed E-state index contributed by atoms with van der Waals surface area (Å²) < 4.78 is 0. The predicted octanol–water partition coefficient (Wildman–Crippen LogP) is 2.61. The Labute approximate surface area is 90.2 Å². The highest BCUT2D eigenvalue weighted by atomic mass is 15.1. The van der Waals surface area contributed by atoms with Crippen molar-refractivity contribution in [1.82, 2.24) is 4.98 Å². The second kappa shape index (κ2) is 4.13. The van der Waals surface area contributed by atoms with E-state index >= 15 is 0 Å². The molecule has 2 aromatic rings. The lowest BCUT2D eigenvalue weighted by molar-refractivity contribution is 1.13. The average Bonchev–Trinajstić information content (AvgIpc) is 2.30. The number of aromatic nitrogens is 1. The highest BCUT2D eigenvalue weighted by Gasteiger charge is 2.06. The smallest absolute Gasteiger partial charge is 0.0801 e. The molecular formula is C13H13N2. The molecule has 2 heteroatoms. The molecule has 0 saturated heterocycles. The molecule has 0 N–H and O–H groups in total. The monoisotopic (exact) mass is 197 g/mol. The van der Waals surface area contributed by atoms with Gasteiger partial charge in [-0.1, -0.05) is 24.3 Å². The summed E-state index contributed by atoms with van der Waals surface area (Å²) in [5.41, 5.74) is 3.16. The van der Waals surface area contributed by atoms with Crippen molar-refractivity contribution in [3.05, 3.63) is 48.7 Å². The first-order valence-electron chi connectivity index (χ1n) is 4.88. The molecule has 0 saturated carbocycles. The Kier molecular flexibility index (Phi) is 2.68. The first-order valence-corrected chi connectivity index (χ1v) is 4.88. The third-order valence-corrected chi connectivity index (χ3v) is 2.25. The van der Waals surface area contributed by atoms with E-state index in [1.54, 1.807) is 6.20 Å². The topological polar surface area (TPSA) is 16.1 Å². The molecule has 0 aliphatic rings. The lowest BCUT2D eigenvalue weighted by atomic mass is 10.1. The Bertz CT molecular complexity index is 435. The van der Waals surface area contributed by atoms with E-state index in [-0.39, 0.29) is 0 Å². The lowest BCUT2D eigenvalue weighted by Gasteiger charge is -2.16. The van der Waals surface area contributed by atoms with E-state index in [2.05, 4.69) is 28.1 Å². The molecule has 0 bridgehead atoms. The standard InChI is InChI=1S/C13H13N2/c1-15(2)13-9-4-3-7-11(13)12-8-5-6-10-14-12/h3-7,9-10H,1-2H3. The van der Waals surface area contributed by atoms with Crippen LogP contribution < -0.4 is 4.90 Å². The molecule has 75 valence electrons. The van der Waals surface area contributed by atoms with Gasteiger partial charge in [0.2, 0.25) is 0 Å².